The van der Waals surface area contributed by atoms with E-state index in [0.717, 1.165) is 41.2 Å². The number of aryl methyl sites for hydroxylation is 1. The predicted octanol–water partition coefficient (Wildman–Crippen LogP) is 2.73. The van der Waals surface area contributed by atoms with E-state index in [1.54, 1.807) is 0 Å². The Hall–Kier alpha value is -2.95. The highest BCUT2D eigenvalue weighted by atomic mass is 32.1. The average Bonchev–Trinajstić information content (AvgIpc) is 2.99. The molecule has 1 atom stereocenters. The molecule has 30 heavy (non-hydrogen) atoms. The van der Waals surface area contributed by atoms with Crippen molar-refractivity contribution in [2.24, 2.45) is 11.7 Å². The molecule has 0 fully saturated rings. The van der Waals surface area contributed by atoms with Crippen molar-refractivity contribution in [2.75, 3.05) is 5.73 Å². The smallest absolute Gasteiger partial charge is 0.383 e. The lowest BCUT2D eigenvalue weighted by atomic mass is 9.89. The summed E-state index contributed by atoms with van der Waals surface area (Å²) in [4.78, 5) is 34.2. The predicted molar refractivity (Wildman–Crippen MR) is 106 cm³/mol. The van der Waals surface area contributed by atoms with Crippen molar-refractivity contribution in [3.8, 4) is 0 Å². The first-order valence-electron chi connectivity index (χ1n) is 9.23. The molecule has 0 saturated carbocycles. The fraction of sp³-hybridized carbons (Fsp3) is 0.368. The van der Waals surface area contributed by atoms with Gasteiger partial charge in [-0.3, -0.25) is 14.2 Å². The number of carbonyl (C=O) groups is 1. The van der Waals surface area contributed by atoms with Crippen LogP contribution in [0, 0.1) is 5.92 Å². The fourth-order valence-electron chi connectivity index (χ4n) is 3.80. The number of pyridine rings is 1. The van der Waals surface area contributed by atoms with Crippen LogP contribution in [0.1, 0.15) is 45.7 Å². The molecule has 0 aliphatic heterocycles. The van der Waals surface area contributed by atoms with E-state index in [-0.39, 0.29) is 11.6 Å². The van der Waals surface area contributed by atoms with Gasteiger partial charge in [-0.2, -0.15) is 13.2 Å². The third-order valence-electron chi connectivity index (χ3n) is 5.26. The highest BCUT2D eigenvalue weighted by Gasteiger charge is 2.35. The van der Waals surface area contributed by atoms with Crippen molar-refractivity contribution in [1.29, 1.82) is 0 Å². The first-order valence-corrected chi connectivity index (χ1v) is 10.1. The number of primary amides is 1. The minimum Gasteiger partial charge on any atom is -0.383 e. The summed E-state index contributed by atoms with van der Waals surface area (Å²) < 4.78 is 40.8. The van der Waals surface area contributed by atoms with Crippen LogP contribution in [0.4, 0.5) is 19.0 Å². The first-order chi connectivity index (χ1) is 14.1. The van der Waals surface area contributed by atoms with Gasteiger partial charge in [-0.1, -0.05) is 6.92 Å². The maximum absolute atomic E-state index is 13.4. The monoisotopic (exact) mass is 437 g/mol. The van der Waals surface area contributed by atoms with Gasteiger partial charge in [0.1, 0.15) is 21.9 Å². The van der Waals surface area contributed by atoms with Gasteiger partial charge in [0, 0.05) is 4.88 Å². The summed E-state index contributed by atoms with van der Waals surface area (Å²) in [6, 6.07) is 1.42. The molecule has 4 N–H and O–H groups in total. The van der Waals surface area contributed by atoms with Crippen molar-refractivity contribution in [2.45, 2.75) is 38.9 Å². The zero-order valence-electron chi connectivity index (χ0n) is 15.9. The normalized spacial score (nSPS) is 16.6. The summed E-state index contributed by atoms with van der Waals surface area (Å²) in [5, 5.41) is 0.736. The number of fused-ring (bicyclic) bond motifs is 3. The Kier molecular flexibility index (Phi) is 4.80. The number of hydrogen-bond acceptors (Lipinski definition) is 6. The number of aromatic nitrogens is 3. The molecule has 3 aromatic heterocycles. The molecular formula is C19H18F3N5O2S. The lowest BCUT2D eigenvalue weighted by Gasteiger charge is -2.18. The molecule has 158 valence electrons. The first kappa shape index (κ1) is 20.3. The number of thiophene rings is 1. The van der Waals surface area contributed by atoms with Crippen LogP contribution in [-0.4, -0.2) is 20.4 Å². The Bertz CT molecular complexity index is 1230. The van der Waals surface area contributed by atoms with Gasteiger partial charge in [-0.15, -0.1) is 11.3 Å². The summed E-state index contributed by atoms with van der Waals surface area (Å²) in [6.07, 6.45) is -2.06. The van der Waals surface area contributed by atoms with E-state index >= 15 is 0 Å². The molecule has 0 aromatic carbocycles. The molecule has 1 unspecified atom stereocenters. The van der Waals surface area contributed by atoms with Crippen molar-refractivity contribution >= 4 is 33.3 Å². The van der Waals surface area contributed by atoms with Gasteiger partial charge in [0.15, 0.2) is 5.82 Å². The molecule has 1 aliphatic rings. The zero-order chi connectivity index (χ0) is 21.8. The van der Waals surface area contributed by atoms with Gasteiger partial charge in [0.2, 0.25) is 0 Å². The molecular weight excluding hydrogens is 419 g/mol. The second-order valence-electron chi connectivity index (χ2n) is 7.44. The minimum absolute atomic E-state index is 0.0409. The third kappa shape index (κ3) is 3.42. The van der Waals surface area contributed by atoms with Gasteiger partial charge < -0.3 is 11.5 Å². The SMILES string of the molecule is CC1CCc2c(sc3nc(Cn4c(C(F)(F)F)ccc(C(N)=O)c4=O)nc(N)c23)C1. The molecule has 3 aromatic rings. The van der Waals surface area contributed by atoms with E-state index in [1.807, 2.05) is 0 Å². The Labute approximate surface area is 172 Å². The summed E-state index contributed by atoms with van der Waals surface area (Å²) in [6.45, 7) is 1.57. The summed E-state index contributed by atoms with van der Waals surface area (Å²) in [7, 11) is 0. The third-order valence-corrected chi connectivity index (χ3v) is 6.41. The van der Waals surface area contributed by atoms with Gasteiger partial charge >= 0.3 is 6.18 Å². The Morgan fingerprint density at radius 1 is 1.33 bits per heavy atom. The fourth-order valence-corrected chi connectivity index (χ4v) is 5.21. The van der Waals surface area contributed by atoms with E-state index in [1.165, 1.54) is 11.3 Å². The van der Waals surface area contributed by atoms with Crippen molar-refractivity contribution < 1.29 is 18.0 Å². The number of rotatable bonds is 3. The zero-order valence-corrected chi connectivity index (χ0v) is 16.7. The molecule has 4 rings (SSSR count). The highest BCUT2D eigenvalue weighted by Crippen LogP contribution is 2.39. The number of halogens is 3. The molecule has 0 radical (unpaired) electrons. The second-order valence-corrected chi connectivity index (χ2v) is 8.53. The van der Waals surface area contributed by atoms with E-state index in [2.05, 4.69) is 16.9 Å². The van der Waals surface area contributed by atoms with Crippen molar-refractivity contribution in [3.05, 3.63) is 50.0 Å². The lowest BCUT2D eigenvalue weighted by Crippen LogP contribution is -2.34. The molecule has 1 amide bonds. The number of carbonyl (C=O) groups excluding carboxylic acids is 1. The molecule has 7 nitrogen and oxygen atoms in total. The van der Waals surface area contributed by atoms with Gasteiger partial charge in [-0.05, 0) is 42.9 Å². The Balaban J connectivity index is 1.84. The van der Waals surface area contributed by atoms with Gasteiger partial charge in [0.05, 0.1) is 11.9 Å². The Morgan fingerprint density at radius 3 is 2.73 bits per heavy atom. The van der Waals surface area contributed by atoms with Crippen LogP contribution in [0.15, 0.2) is 16.9 Å². The van der Waals surface area contributed by atoms with Gasteiger partial charge in [-0.25, -0.2) is 9.97 Å². The number of nitrogens with zero attached hydrogens (tertiary/aromatic N) is 3. The van der Waals surface area contributed by atoms with Crippen LogP contribution in [0.3, 0.4) is 0 Å². The van der Waals surface area contributed by atoms with Crippen LogP contribution in [0.5, 0.6) is 0 Å². The number of amides is 1. The molecule has 0 spiro atoms. The van der Waals surface area contributed by atoms with Crippen molar-refractivity contribution in [3.63, 3.8) is 0 Å². The van der Waals surface area contributed by atoms with Crippen LogP contribution in [0.25, 0.3) is 10.2 Å². The highest BCUT2D eigenvalue weighted by molar-refractivity contribution is 7.19. The average molecular weight is 437 g/mol. The molecule has 0 saturated heterocycles. The molecule has 0 bridgehead atoms. The number of nitrogens with two attached hydrogens (primary N) is 2. The molecule has 11 heteroatoms. The maximum atomic E-state index is 13.4. The van der Waals surface area contributed by atoms with Crippen LogP contribution >= 0.6 is 11.3 Å². The summed E-state index contributed by atoms with van der Waals surface area (Å²) >= 11 is 1.45. The van der Waals surface area contributed by atoms with E-state index in [9.17, 15) is 22.8 Å². The largest absolute Gasteiger partial charge is 0.431 e. The maximum Gasteiger partial charge on any atom is 0.431 e. The summed E-state index contributed by atoms with van der Waals surface area (Å²) in [5.41, 5.74) is 9.42. The minimum atomic E-state index is -4.82. The number of nitrogen functional groups attached to an aromatic ring is 1. The number of alkyl halides is 3. The van der Waals surface area contributed by atoms with Crippen LogP contribution < -0.4 is 17.0 Å². The number of anilines is 1. The molecule has 1 aliphatic carbocycles. The van der Waals surface area contributed by atoms with E-state index in [0.29, 0.717) is 21.4 Å². The topological polar surface area (TPSA) is 117 Å². The quantitative estimate of drug-likeness (QED) is 0.653. The standard InChI is InChI=1S/C19H18F3N5O2S/c1-8-2-3-9-11(6-8)30-17-14(9)15(23)25-13(26-17)7-27-12(19(20,21)22)5-4-10(16(24)28)18(27)29/h4-5,8H,2-3,6-7H2,1H3,(H2,24,28)(H2,23,25,26). The number of hydrogen-bond donors (Lipinski definition) is 2. The van der Waals surface area contributed by atoms with Crippen molar-refractivity contribution in [1.82, 2.24) is 14.5 Å². The van der Waals surface area contributed by atoms with Crippen LogP contribution in [-0.2, 0) is 25.6 Å². The summed E-state index contributed by atoms with van der Waals surface area (Å²) in [5.74, 6) is -0.447. The Morgan fingerprint density at radius 2 is 2.07 bits per heavy atom. The van der Waals surface area contributed by atoms with Crippen LogP contribution in [0.2, 0.25) is 0 Å². The van der Waals surface area contributed by atoms with Gasteiger partial charge in [0.25, 0.3) is 11.5 Å². The van der Waals surface area contributed by atoms with E-state index < -0.39 is 35.4 Å². The van der Waals surface area contributed by atoms with E-state index in [4.69, 9.17) is 11.5 Å². The lowest BCUT2D eigenvalue weighted by molar-refractivity contribution is -0.144. The molecule has 3 heterocycles. The second kappa shape index (κ2) is 7.08.